The molecule has 0 aliphatic rings. The first-order chi connectivity index (χ1) is 8.51. The predicted molar refractivity (Wildman–Crippen MR) is 71.6 cm³/mol. The van der Waals surface area contributed by atoms with E-state index in [2.05, 4.69) is 46.3 Å². The van der Waals surface area contributed by atoms with Crippen molar-refractivity contribution in [3.63, 3.8) is 0 Å². The van der Waals surface area contributed by atoms with Crippen molar-refractivity contribution in [2.75, 3.05) is 11.1 Å². The molecule has 2 aromatic rings. The lowest BCUT2D eigenvalue weighted by molar-refractivity contribution is 0.489. The number of nitrogens with zero attached hydrogens (tertiary/aromatic N) is 3. The fourth-order valence-corrected chi connectivity index (χ4v) is 1.50. The molecule has 6 heteroatoms. The Kier molecular flexibility index (Phi) is 3.18. The summed E-state index contributed by atoms with van der Waals surface area (Å²) in [6.07, 6.45) is 2.64. The third-order valence-corrected chi connectivity index (χ3v) is 3.12. The summed E-state index contributed by atoms with van der Waals surface area (Å²) in [6, 6.07) is 3.73. The molecule has 0 saturated heterocycles. The van der Waals surface area contributed by atoms with E-state index in [1.807, 2.05) is 6.07 Å². The number of aromatic nitrogens is 4. The molecule has 0 fully saturated rings. The molecule has 0 unspecified atom stereocenters. The van der Waals surface area contributed by atoms with E-state index in [9.17, 15) is 0 Å². The van der Waals surface area contributed by atoms with Crippen LogP contribution >= 0.6 is 0 Å². The second-order valence-electron chi connectivity index (χ2n) is 4.83. The molecule has 0 atom stereocenters. The van der Waals surface area contributed by atoms with E-state index in [0.29, 0.717) is 5.82 Å². The Bertz CT molecular complexity index is 531. The summed E-state index contributed by atoms with van der Waals surface area (Å²) in [6.45, 7) is 6.50. The van der Waals surface area contributed by atoms with Gasteiger partial charge in [-0.05, 0) is 12.5 Å². The molecule has 0 saturated carbocycles. The number of nitrogens with two attached hydrogens (primary N) is 1. The highest BCUT2D eigenvalue weighted by Gasteiger charge is 2.20. The number of rotatable bonds is 4. The van der Waals surface area contributed by atoms with Crippen LogP contribution < -0.4 is 11.1 Å². The summed E-state index contributed by atoms with van der Waals surface area (Å²) in [4.78, 5) is 7.90. The summed E-state index contributed by atoms with van der Waals surface area (Å²) < 4.78 is 0. The highest BCUT2D eigenvalue weighted by Crippen LogP contribution is 2.27. The molecule has 0 amide bonds. The van der Waals surface area contributed by atoms with Crippen LogP contribution in [0.2, 0.25) is 0 Å². The Labute approximate surface area is 106 Å². The average molecular weight is 246 g/mol. The van der Waals surface area contributed by atoms with E-state index >= 15 is 0 Å². The van der Waals surface area contributed by atoms with Gasteiger partial charge in [0.15, 0.2) is 5.82 Å². The quantitative estimate of drug-likeness (QED) is 0.769. The van der Waals surface area contributed by atoms with E-state index in [0.717, 1.165) is 17.9 Å². The molecule has 0 aliphatic heterocycles. The van der Waals surface area contributed by atoms with Crippen LogP contribution in [0.25, 0.3) is 0 Å². The number of hydrogen-bond acceptors (Lipinski definition) is 5. The Morgan fingerprint density at radius 3 is 2.83 bits per heavy atom. The minimum Gasteiger partial charge on any atom is -0.368 e. The minimum atomic E-state index is 0.0810. The Hall–Kier alpha value is -2.11. The number of nitrogens with one attached hydrogen (secondary N) is 2. The van der Waals surface area contributed by atoms with Crippen molar-refractivity contribution < 1.29 is 0 Å². The lowest BCUT2D eigenvalue weighted by Crippen LogP contribution is -2.15. The molecule has 4 N–H and O–H groups in total. The van der Waals surface area contributed by atoms with E-state index in [1.54, 1.807) is 12.3 Å². The average Bonchev–Trinajstić information content (AvgIpc) is 2.78. The molecule has 2 rings (SSSR count). The van der Waals surface area contributed by atoms with E-state index in [4.69, 9.17) is 5.73 Å². The largest absolute Gasteiger partial charge is 0.368 e. The highest BCUT2D eigenvalue weighted by molar-refractivity contribution is 5.52. The standard InChI is InChI=1S/C12H18N6/c1-4-12(2,3)8-7-10(18-17-8)15-9-5-6-14-11(13)16-9/h5-7H,4H2,1-3H3,(H4,13,14,15,16,17,18). The van der Waals surface area contributed by atoms with Crippen LogP contribution in [0.15, 0.2) is 18.3 Å². The molecule has 6 nitrogen and oxygen atoms in total. The first kappa shape index (κ1) is 12.3. The van der Waals surface area contributed by atoms with Gasteiger partial charge in [-0.2, -0.15) is 10.1 Å². The molecule has 0 aliphatic carbocycles. The fraction of sp³-hybridized carbons (Fsp3) is 0.417. The second kappa shape index (κ2) is 4.64. The molecule has 2 aromatic heterocycles. The maximum absolute atomic E-state index is 5.52. The molecule has 0 radical (unpaired) electrons. The Balaban J connectivity index is 2.16. The summed E-state index contributed by atoms with van der Waals surface area (Å²) in [5.41, 5.74) is 6.69. The fourth-order valence-electron chi connectivity index (χ4n) is 1.50. The zero-order valence-electron chi connectivity index (χ0n) is 10.9. The van der Waals surface area contributed by atoms with Crippen LogP contribution in [0, 0.1) is 0 Å². The zero-order valence-corrected chi connectivity index (χ0v) is 10.9. The predicted octanol–water partition coefficient (Wildman–Crippen LogP) is 2.21. The topological polar surface area (TPSA) is 92.5 Å². The first-order valence-corrected chi connectivity index (χ1v) is 5.92. The number of anilines is 3. The zero-order chi connectivity index (χ0) is 13.2. The molecular weight excluding hydrogens is 228 g/mol. The van der Waals surface area contributed by atoms with Gasteiger partial charge in [0.2, 0.25) is 5.95 Å². The van der Waals surface area contributed by atoms with E-state index in [1.165, 1.54) is 0 Å². The highest BCUT2D eigenvalue weighted by atomic mass is 15.2. The van der Waals surface area contributed by atoms with Gasteiger partial charge < -0.3 is 11.1 Å². The molecular formula is C12H18N6. The maximum atomic E-state index is 5.52. The van der Waals surface area contributed by atoms with Crippen molar-refractivity contribution in [1.82, 2.24) is 20.2 Å². The maximum Gasteiger partial charge on any atom is 0.221 e. The molecule has 96 valence electrons. The van der Waals surface area contributed by atoms with Crippen molar-refractivity contribution in [3.8, 4) is 0 Å². The summed E-state index contributed by atoms with van der Waals surface area (Å²) >= 11 is 0. The van der Waals surface area contributed by atoms with Gasteiger partial charge in [0, 0.05) is 23.4 Å². The van der Waals surface area contributed by atoms with Crippen LogP contribution in [-0.4, -0.2) is 20.2 Å². The van der Waals surface area contributed by atoms with Crippen molar-refractivity contribution in [1.29, 1.82) is 0 Å². The number of aromatic amines is 1. The van der Waals surface area contributed by atoms with Gasteiger partial charge in [-0.1, -0.05) is 20.8 Å². The summed E-state index contributed by atoms with van der Waals surface area (Å²) in [5, 5.41) is 10.4. The van der Waals surface area contributed by atoms with Crippen molar-refractivity contribution in [2.24, 2.45) is 0 Å². The SMILES string of the molecule is CCC(C)(C)c1cc(Nc2ccnc(N)n2)n[nH]1. The number of hydrogen-bond donors (Lipinski definition) is 3. The van der Waals surface area contributed by atoms with Gasteiger partial charge in [0.25, 0.3) is 0 Å². The lowest BCUT2D eigenvalue weighted by atomic mass is 9.87. The van der Waals surface area contributed by atoms with Crippen LogP contribution in [0.5, 0.6) is 0 Å². The Morgan fingerprint density at radius 2 is 2.17 bits per heavy atom. The third kappa shape index (κ3) is 2.58. The molecule has 0 bridgehead atoms. The van der Waals surface area contributed by atoms with Crippen molar-refractivity contribution >= 4 is 17.6 Å². The van der Waals surface area contributed by atoms with Crippen LogP contribution in [0.1, 0.15) is 32.9 Å². The third-order valence-electron chi connectivity index (χ3n) is 3.12. The van der Waals surface area contributed by atoms with Gasteiger partial charge in [-0.15, -0.1) is 0 Å². The normalized spacial score (nSPS) is 11.5. The van der Waals surface area contributed by atoms with Gasteiger partial charge >= 0.3 is 0 Å². The molecule has 0 spiro atoms. The van der Waals surface area contributed by atoms with Gasteiger partial charge in [0.05, 0.1) is 0 Å². The van der Waals surface area contributed by atoms with Crippen LogP contribution in [-0.2, 0) is 5.41 Å². The second-order valence-corrected chi connectivity index (χ2v) is 4.83. The smallest absolute Gasteiger partial charge is 0.221 e. The summed E-state index contributed by atoms with van der Waals surface area (Å²) in [7, 11) is 0. The van der Waals surface area contributed by atoms with Crippen LogP contribution in [0.3, 0.4) is 0 Å². The monoisotopic (exact) mass is 246 g/mol. The molecule has 0 aromatic carbocycles. The number of nitrogen functional groups attached to an aromatic ring is 1. The molecule has 2 heterocycles. The minimum absolute atomic E-state index is 0.0810. The van der Waals surface area contributed by atoms with Gasteiger partial charge in [-0.3, -0.25) is 5.10 Å². The van der Waals surface area contributed by atoms with Crippen molar-refractivity contribution in [3.05, 3.63) is 24.0 Å². The molecule has 18 heavy (non-hydrogen) atoms. The lowest BCUT2D eigenvalue weighted by Gasteiger charge is -2.19. The van der Waals surface area contributed by atoms with E-state index in [-0.39, 0.29) is 11.4 Å². The van der Waals surface area contributed by atoms with Gasteiger partial charge in [-0.25, -0.2) is 4.98 Å². The van der Waals surface area contributed by atoms with E-state index < -0.39 is 0 Å². The first-order valence-electron chi connectivity index (χ1n) is 5.92. The van der Waals surface area contributed by atoms with Crippen molar-refractivity contribution in [2.45, 2.75) is 32.6 Å². The van der Waals surface area contributed by atoms with Gasteiger partial charge in [0.1, 0.15) is 5.82 Å². The summed E-state index contributed by atoms with van der Waals surface area (Å²) in [5.74, 6) is 1.60. The van der Waals surface area contributed by atoms with Crippen LogP contribution in [0.4, 0.5) is 17.6 Å². The Morgan fingerprint density at radius 1 is 1.39 bits per heavy atom. The number of H-pyrrole nitrogens is 1.